The highest BCUT2D eigenvalue weighted by Crippen LogP contribution is 2.50. The maximum absolute atomic E-state index is 6.52. The average Bonchev–Trinajstić information content (AvgIpc) is 3.14. The first-order chi connectivity index (χ1) is 14.0. The number of nitrogens with zero attached hydrogens (tertiary/aromatic N) is 2. The fourth-order valence-electron chi connectivity index (χ4n) is 3.99. The minimum atomic E-state index is -0.338. The van der Waals surface area contributed by atoms with Crippen molar-refractivity contribution in [2.24, 2.45) is 5.10 Å². The van der Waals surface area contributed by atoms with Gasteiger partial charge >= 0.3 is 0 Å². The second kappa shape index (κ2) is 7.08. The molecular weight excluding hydrogens is 403 g/mol. The largest absolute Gasteiger partial charge is 0.463 e. The molecule has 0 unspecified atom stereocenters. The van der Waals surface area contributed by atoms with Gasteiger partial charge in [-0.1, -0.05) is 82.9 Å². The fraction of sp³-hybridized carbons (Fsp3) is 0.208. The van der Waals surface area contributed by atoms with E-state index in [4.69, 9.17) is 33.0 Å². The molecule has 0 amide bonds. The Bertz CT molecular complexity index is 1110. The standard InChI is InChI=1S/C24H20Cl2N2O/c1-14-3-7-16(8-4-14)21-13-22-19-11-18(25)12-20(26)23(19)29-24(28(22)27-21)17-9-5-15(2)6-10-17/h3-12,22,24H,13H2,1-2H3/t22-,24-/m0/s1. The Hall–Kier alpha value is -2.49. The number of halogens is 2. The number of aryl methyl sites for hydroxylation is 2. The molecule has 0 bridgehead atoms. The Morgan fingerprint density at radius 1 is 0.931 bits per heavy atom. The van der Waals surface area contributed by atoms with Crippen LogP contribution in [0.1, 0.15) is 46.5 Å². The topological polar surface area (TPSA) is 24.8 Å². The lowest BCUT2D eigenvalue weighted by Gasteiger charge is -2.38. The predicted octanol–water partition coefficient (Wildman–Crippen LogP) is 6.85. The number of rotatable bonds is 2. The summed E-state index contributed by atoms with van der Waals surface area (Å²) in [7, 11) is 0. The van der Waals surface area contributed by atoms with Gasteiger partial charge in [0, 0.05) is 22.6 Å². The minimum absolute atomic E-state index is 0.0255. The molecule has 29 heavy (non-hydrogen) atoms. The molecule has 0 N–H and O–H groups in total. The highest BCUT2D eigenvalue weighted by molar-refractivity contribution is 6.35. The molecule has 2 aliphatic rings. The van der Waals surface area contributed by atoms with E-state index in [2.05, 4.69) is 67.4 Å². The summed E-state index contributed by atoms with van der Waals surface area (Å²) in [4.78, 5) is 0. The van der Waals surface area contributed by atoms with E-state index in [0.29, 0.717) is 15.8 Å². The molecule has 0 spiro atoms. The molecule has 5 heteroatoms. The van der Waals surface area contributed by atoms with Crippen LogP contribution in [0.5, 0.6) is 5.75 Å². The summed E-state index contributed by atoms with van der Waals surface area (Å²) in [5.74, 6) is 0.697. The number of hydrazone groups is 1. The Kier molecular flexibility index (Phi) is 4.53. The fourth-order valence-corrected chi connectivity index (χ4v) is 4.54. The van der Waals surface area contributed by atoms with E-state index in [-0.39, 0.29) is 12.3 Å². The second-order valence-electron chi connectivity index (χ2n) is 7.70. The first-order valence-corrected chi connectivity index (χ1v) is 10.4. The number of hydrogen-bond acceptors (Lipinski definition) is 3. The molecule has 3 nitrogen and oxygen atoms in total. The zero-order valence-electron chi connectivity index (χ0n) is 16.2. The van der Waals surface area contributed by atoms with E-state index in [1.165, 1.54) is 11.1 Å². The number of fused-ring (bicyclic) bond motifs is 3. The number of benzene rings is 3. The van der Waals surface area contributed by atoms with E-state index in [9.17, 15) is 0 Å². The molecule has 0 aromatic heterocycles. The van der Waals surface area contributed by atoms with Crippen molar-refractivity contribution in [3.63, 3.8) is 0 Å². The van der Waals surface area contributed by atoms with Crippen molar-refractivity contribution in [3.05, 3.63) is 98.5 Å². The van der Waals surface area contributed by atoms with Crippen LogP contribution in [0.3, 0.4) is 0 Å². The van der Waals surface area contributed by atoms with Gasteiger partial charge in [0.25, 0.3) is 0 Å². The van der Waals surface area contributed by atoms with Gasteiger partial charge < -0.3 is 4.74 Å². The van der Waals surface area contributed by atoms with Gasteiger partial charge in [-0.2, -0.15) is 5.10 Å². The van der Waals surface area contributed by atoms with Crippen LogP contribution in [0.25, 0.3) is 0 Å². The van der Waals surface area contributed by atoms with E-state index in [1.54, 1.807) is 6.07 Å². The van der Waals surface area contributed by atoms with Crippen LogP contribution in [-0.2, 0) is 0 Å². The van der Waals surface area contributed by atoms with Gasteiger partial charge in [0.2, 0.25) is 6.23 Å². The van der Waals surface area contributed by atoms with E-state index in [0.717, 1.165) is 28.8 Å². The van der Waals surface area contributed by atoms with Crippen molar-refractivity contribution in [2.45, 2.75) is 32.5 Å². The average molecular weight is 423 g/mol. The van der Waals surface area contributed by atoms with Gasteiger partial charge in [-0.05, 0) is 31.5 Å². The van der Waals surface area contributed by atoms with Crippen LogP contribution in [0.15, 0.2) is 65.8 Å². The van der Waals surface area contributed by atoms with Gasteiger partial charge in [-0.15, -0.1) is 0 Å². The molecule has 2 heterocycles. The zero-order valence-corrected chi connectivity index (χ0v) is 17.7. The third-order valence-corrected chi connectivity index (χ3v) is 6.05. The summed E-state index contributed by atoms with van der Waals surface area (Å²) in [6, 6.07) is 20.5. The predicted molar refractivity (Wildman–Crippen MR) is 118 cm³/mol. The van der Waals surface area contributed by atoms with Gasteiger partial charge in [0.05, 0.1) is 16.8 Å². The first-order valence-electron chi connectivity index (χ1n) is 9.64. The summed E-state index contributed by atoms with van der Waals surface area (Å²) >= 11 is 12.8. The Morgan fingerprint density at radius 3 is 2.28 bits per heavy atom. The van der Waals surface area contributed by atoms with Crippen LogP contribution in [0.2, 0.25) is 10.0 Å². The molecule has 3 aromatic carbocycles. The highest BCUT2D eigenvalue weighted by Gasteiger charge is 2.42. The first kappa shape index (κ1) is 18.5. The van der Waals surface area contributed by atoms with E-state index < -0.39 is 0 Å². The molecular formula is C24H20Cl2N2O. The molecule has 2 atom stereocenters. The Balaban J connectivity index is 1.62. The second-order valence-corrected chi connectivity index (χ2v) is 8.54. The van der Waals surface area contributed by atoms with Crippen LogP contribution in [-0.4, -0.2) is 10.7 Å². The lowest BCUT2D eigenvalue weighted by Crippen LogP contribution is -2.33. The monoisotopic (exact) mass is 422 g/mol. The van der Waals surface area contributed by atoms with Gasteiger partial charge in [0.15, 0.2) is 0 Å². The van der Waals surface area contributed by atoms with Gasteiger partial charge in [-0.25, -0.2) is 5.01 Å². The molecule has 0 radical (unpaired) electrons. The third-order valence-electron chi connectivity index (χ3n) is 5.56. The van der Waals surface area contributed by atoms with Crippen LogP contribution < -0.4 is 4.74 Å². The van der Waals surface area contributed by atoms with Crippen molar-refractivity contribution < 1.29 is 4.74 Å². The summed E-state index contributed by atoms with van der Waals surface area (Å²) < 4.78 is 6.39. The number of hydrogen-bond donors (Lipinski definition) is 0. The summed E-state index contributed by atoms with van der Waals surface area (Å²) in [6.45, 7) is 4.16. The molecule has 3 aromatic rings. The molecule has 0 saturated heterocycles. The number of ether oxygens (including phenoxy) is 1. The van der Waals surface area contributed by atoms with Crippen molar-refractivity contribution >= 4 is 28.9 Å². The van der Waals surface area contributed by atoms with Crippen molar-refractivity contribution in [2.75, 3.05) is 0 Å². The molecule has 2 aliphatic heterocycles. The summed E-state index contributed by atoms with van der Waals surface area (Å²) in [5, 5.41) is 8.18. The van der Waals surface area contributed by atoms with Crippen LogP contribution in [0.4, 0.5) is 0 Å². The van der Waals surface area contributed by atoms with Gasteiger partial charge in [0.1, 0.15) is 5.75 Å². The normalized spacial score (nSPS) is 20.0. The highest BCUT2D eigenvalue weighted by atomic mass is 35.5. The van der Waals surface area contributed by atoms with Crippen molar-refractivity contribution in [1.82, 2.24) is 5.01 Å². The Labute approximate surface area is 180 Å². The van der Waals surface area contributed by atoms with Crippen LogP contribution in [0, 0.1) is 13.8 Å². The minimum Gasteiger partial charge on any atom is -0.463 e. The third kappa shape index (κ3) is 3.29. The zero-order chi connectivity index (χ0) is 20.1. The van der Waals surface area contributed by atoms with Crippen molar-refractivity contribution in [3.8, 4) is 5.75 Å². The molecule has 146 valence electrons. The maximum Gasteiger partial charge on any atom is 0.213 e. The van der Waals surface area contributed by atoms with E-state index in [1.807, 2.05) is 6.07 Å². The molecule has 0 aliphatic carbocycles. The SMILES string of the molecule is Cc1ccc(C2=NN3[C@@H](C2)c2cc(Cl)cc(Cl)c2O[C@H]3c2ccc(C)cc2)cc1. The molecule has 5 rings (SSSR count). The van der Waals surface area contributed by atoms with Crippen LogP contribution >= 0.6 is 23.2 Å². The summed E-state index contributed by atoms with van der Waals surface area (Å²) in [6.07, 6.45) is 0.438. The smallest absolute Gasteiger partial charge is 0.213 e. The molecule has 0 saturated carbocycles. The molecule has 0 fully saturated rings. The lowest BCUT2D eigenvalue weighted by molar-refractivity contribution is -0.0189. The van der Waals surface area contributed by atoms with Crippen molar-refractivity contribution in [1.29, 1.82) is 0 Å². The van der Waals surface area contributed by atoms with Gasteiger partial charge in [-0.3, -0.25) is 0 Å². The lowest BCUT2D eigenvalue weighted by atomic mass is 9.95. The summed E-state index contributed by atoms with van der Waals surface area (Å²) in [5.41, 5.74) is 6.64. The van der Waals surface area contributed by atoms with E-state index >= 15 is 0 Å². The Morgan fingerprint density at radius 2 is 1.59 bits per heavy atom. The maximum atomic E-state index is 6.52. The quantitative estimate of drug-likeness (QED) is 0.450.